The standard InChI is InChI=1S/C8H13N3O/c1-11-7(5-8(12)10-11)6-3-2-4-9-6/h5-6,9H,2-4H2,1H3,(H,10,12)/t6-/m0/s1. The summed E-state index contributed by atoms with van der Waals surface area (Å²) in [4.78, 5) is 11.0. The highest BCUT2D eigenvalue weighted by Crippen LogP contribution is 2.20. The Hall–Kier alpha value is -1.03. The summed E-state index contributed by atoms with van der Waals surface area (Å²) in [6, 6.07) is 2.04. The van der Waals surface area contributed by atoms with Crippen LogP contribution >= 0.6 is 0 Å². The van der Waals surface area contributed by atoms with E-state index in [1.54, 1.807) is 10.7 Å². The number of aromatic nitrogens is 2. The molecular formula is C8H13N3O. The Morgan fingerprint density at radius 3 is 3.00 bits per heavy atom. The summed E-state index contributed by atoms with van der Waals surface area (Å²) in [6.07, 6.45) is 2.33. The average molecular weight is 167 g/mol. The molecule has 2 N–H and O–H groups in total. The monoisotopic (exact) mass is 167 g/mol. The summed E-state index contributed by atoms with van der Waals surface area (Å²) >= 11 is 0. The zero-order chi connectivity index (χ0) is 8.55. The van der Waals surface area contributed by atoms with Crippen molar-refractivity contribution in [2.45, 2.75) is 18.9 Å². The summed E-state index contributed by atoms with van der Waals surface area (Å²) in [5.41, 5.74) is 1.05. The predicted molar refractivity (Wildman–Crippen MR) is 46.0 cm³/mol. The number of aromatic amines is 1. The van der Waals surface area contributed by atoms with Gasteiger partial charge in [-0.15, -0.1) is 0 Å². The number of hydrogen-bond donors (Lipinski definition) is 2. The van der Waals surface area contributed by atoms with Crippen molar-refractivity contribution in [3.63, 3.8) is 0 Å². The van der Waals surface area contributed by atoms with E-state index in [2.05, 4.69) is 10.4 Å². The molecule has 0 radical (unpaired) electrons. The third kappa shape index (κ3) is 1.18. The Labute approximate surface area is 70.6 Å². The van der Waals surface area contributed by atoms with Crippen molar-refractivity contribution in [3.8, 4) is 0 Å². The lowest BCUT2D eigenvalue weighted by Crippen LogP contribution is -2.16. The van der Waals surface area contributed by atoms with Crippen LogP contribution in [0.4, 0.5) is 0 Å². The Balaban J connectivity index is 2.31. The van der Waals surface area contributed by atoms with Crippen molar-refractivity contribution in [2.24, 2.45) is 7.05 Å². The van der Waals surface area contributed by atoms with Gasteiger partial charge in [0.25, 0.3) is 5.56 Å². The zero-order valence-corrected chi connectivity index (χ0v) is 7.13. The quantitative estimate of drug-likeness (QED) is 0.625. The van der Waals surface area contributed by atoms with Gasteiger partial charge in [-0.05, 0) is 19.4 Å². The van der Waals surface area contributed by atoms with Crippen LogP contribution in [0.15, 0.2) is 10.9 Å². The summed E-state index contributed by atoms with van der Waals surface area (Å²) in [7, 11) is 1.87. The fraction of sp³-hybridized carbons (Fsp3) is 0.625. The number of aryl methyl sites for hydroxylation is 1. The number of nitrogens with zero attached hydrogens (tertiary/aromatic N) is 1. The van der Waals surface area contributed by atoms with Gasteiger partial charge in [-0.3, -0.25) is 14.6 Å². The normalized spacial score (nSPS) is 23.2. The van der Waals surface area contributed by atoms with Crippen molar-refractivity contribution < 1.29 is 0 Å². The van der Waals surface area contributed by atoms with E-state index in [4.69, 9.17) is 0 Å². The van der Waals surface area contributed by atoms with Crippen LogP contribution in [0.25, 0.3) is 0 Å². The van der Waals surface area contributed by atoms with Gasteiger partial charge in [-0.2, -0.15) is 0 Å². The van der Waals surface area contributed by atoms with Crippen LogP contribution in [0.1, 0.15) is 24.6 Å². The molecule has 2 heterocycles. The van der Waals surface area contributed by atoms with Gasteiger partial charge >= 0.3 is 0 Å². The number of H-pyrrole nitrogens is 1. The van der Waals surface area contributed by atoms with Gasteiger partial charge in [0, 0.05) is 19.2 Å². The molecule has 1 aromatic heterocycles. The third-order valence-corrected chi connectivity index (χ3v) is 2.36. The molecule has 0 unspecified atom stereocenters. The van der Waals surface area contributed by atoms with E-state index in [9.17, 15) is 4.79 Å². The van der Waals surface area contributed by atoms with E-state index in [0.29, 0.717) is 6.04 Å². The second-order valence-electron chi connectivity index (χ2n) is 3.25. The van der Waals surface area contributed by atoms with E-state index in [1.807, 2.05) is 7.05 Å². The molecule has 0 saturated carbocycles. The molecule has 0 aliphatic carbocycles. The molecule has 1 fully saturated rings. The topological polar surface area (TPSA) is 49.8 Å². The number of hydrogen-bond acceptors (Lipinski definition) is 2. The lowest BCUT2D eigenvalue weighted by atomic mass is 10.1. The molecule has 0 amide bonds. The van der Waals surface area contributed by atoms with Crippen molar-refractivity contribution in [2.75, 3.05) is 6.54 Å². The minimum absolute atomic E-state index is 0.0128. The fourth-order valence-electron chi connectivity index (χ4n) is 1.76. The largest absolute Gasteiger partial charge is 0.309 e. The van der Waals surface area contributed by atoms with E-state index in [-0.39, 0.29) is 5.56 Å². The molecular weight excluding hydrogens is 154 g/mol. The van der Waals surface area contributed by atoms with Gasteiger partial charge in [0.1, 0.15) is 0 Å². The first-order chi connectivity index (χ1) is 5.77. The van der Waals surface area contributed by atoms with E-state index >= 15 is 0 Å². The molecule has 0 bridgehead atoms. The molecule has 1 aliphatic rings. The second kappa shape index (κ2) is 2.79. The smallest absolute Gasteiger partial charge is 0.264 e. The third-order valence-electron chi connectivity index (χ3n) is 2.36. The highest BCUT2D eigenvalue weighted by Gasteiger charge is 2.18. The Morgan fingerprint density at radius 2 is 2.50 bits per heavy atom. The summed E-state index contributed by atoms with van der Waals surface area (Å²) in [6.45, 7) is 1.06. The molecule has 66 valence electrons. The lowest BCUT2D eigenvalue weighted by Gasteiger charge is -2.09. The zero-order valence-electron chi connectivity index (χ0n) is 7.13. The van der Waals surface area contributed by atoms with Crippen molar-refractivity contribution in [1.82, 2.24) is 15.1 Å². The van der Waals surface area contributed by atoms with Crippen LogP contribution < -0.4 is 10.9 Å². The lowest BCUT2D eigenvalue weighted by molar-refractivity contribution is 0.573. The first kappa shape index (κ1) is 7.61. The van der Waals surface area contributed by atoms with Gasteiger partial charge in [0.05, 0.1) is 5.69 Å². The first-order valence-corrected chi connectivity index (χ1v) is 4.27. The SMILES string of the molecule is Cn1[nH]c(=O)cc1[C@@H]1CCCN1. The van der Waals surface area contributed by atoms with Crippen LogP contribution in [0.2, 0.25) is 0 Å². The van der Waals surface area contributed by atoms with Crippen LogP contribution in [0.3, 0.4) is 0 Å². The predicted octanol–water partition coefficient (Wildman–Crippen LogP) is 0.138. The molecule has 12 heavy (non-hydrogen) atoms. The van der Waals surface area contributed by atoms with Crippen molar-refractivity contribution >= 4 is 0 Å². The summed E-state index contributed by atoms with van der Waals surface area (Å²) in [5, 5.41) is 6.05. The van der Waals surface area contributed by atoms with E-state index in [1.165, 1.54) is 6.42 Å². The van der Waals surface area contributed by atoms with E-state index in [0.717, 1.165) is 18.7 Å². The molecule has 1 aliphatic heterocycles. The highest BCUT2D eigenvalue weighted by molar-refractivity contribution is 5.08. The minimum atomic E-state index is -0.0128. The molecule has 1 atom stereocenters. The maximum atomic E-state index is 11.0. The Morgan fingerprint density at radius 1 is 1.67 bits per heavy atom. The molecule has 0 spiro atoms. The highest BCUT2D eigenvalue weighted by atomic mass is 16.1. The van der Waals surface area contributed by atoms with Crippen molar-refractivity contribution in [3.05, 3.63) is 22.1 Å². The fourth-order valence-corrected chi connectivity index (χ4v) is 1.76. The maximum Gasteiger partial charge on any atom is 0.264 e. The van der Waals surface area contributed by atoms with Crippen LogP contribution in [0.5, 0.6) is 0 Å². The molecule has 2 rings (SSSR count). The molecule has 1 saturated heterocycles. The van der Waals surface area contributed by atoms with Gasteiger partial charge in [0.2, 0.25) is 0 Å². The minimum Gasteiger partial charge on any atom is -0.309 e. The molecule has 4 heteroatoms. The summed E-state index contributed by atoms with van der Waals surface area (Å²) in [5.74, 6) is 0. The van der Waals surface area contributed by atoms with Gasteiger partial charge in [-0.1, -0.05) is 0 Å². The van der Waals surface area contributed by atoms with Crippen LogP contribution in [0, 0.1) is 0 Å². The first-order valence-electron chi connectivity index (χ1n) is 4.27. The average Bonchev–Trinajstić information content (AvgIpc) is 2.58. The summed E-state index contributed by atoms with van der Waals surface area (Å²) < 4.78 is 1.80. The molecule has 4 nitrogen and oxygen atoms in total. The van der Waals surface area contributed by atoms with Crippen molar-refractivity contribution in [1.29, 1.82) is 0 Å². The van der Waals surface area contributed by atoms with E-state index < -0.39 is 0 Å². The number of rotatable bonds is 1. The van der Waals surface area contributed by atoms with Gasteiger partial charge in [-0.25, -0.2) is 0 Å². The number of nitrogens with one attached hydrogen (secondary N) is 2. The second-order valence-corrected chi connectivity index (χ2v) is 3.25. The maximum absolute atomic E-state index is 11.0. The van der Waals surface area contributed by atoms with Gasteiger partial charge in [0.15, 0.2) is 0 Å². The Kier molecular flexibility index (Phi) is 1.77. The van der Waals surface area contributed by atoms with Gasteiger partial charge < -0.3 is 5.32 Å². The molecule has 0 aromatic carbocycles. The van der Waals surface area contributed by atoms with Crippen LogP contribution in [-0.2, 0) is 7.05 Å². The van der Waals surface area contributed by atoms with Crippen LogP contribution in [-0.4, -0.2) is 16.3 Å². The molecule has 1 aromatic rings. The Bertz CT molecular complexity index is 319.